The topological polar surface area (TPSA) is 138 Å². The molecule has 1 saturated heterocycles. The number of nitrogens with zero attached hydrogens (tertiary/aromatic N) is 6. The van der Waals surface area contributed by atoms with Gasteiger partial charge in [0, 0.05) is 48.7 Å². The van der Waals surface area contributed by atoms with Crippen molar-refractivity contribution in [1.29, 1.82) is 0 Å². The van der Waals surface area contributed by atoms with Crippen molar-refractivity contribution in [3.8, 4) is 23.3 Å². The standard InChI is InChI=1S/C21H18N4O2S.C17H11ClN4OS.C4H5O/c1-2-4-18-17(3-1)25-21(28-18)24-15-5-7-16(8-6-15)27-20-19(22-10-11-23-20)14-9-12-26-13-14;18-15-16(20-10-9-19-15)23-12-7-5-11(6-8-12)21-17-22-13-3-1-2-4-14(13)24-17;1-2-4-5-3-1/h1-8,10-11,14H,9,12-13H2,(H,24,25);1-10H,(H,21,22);1H,3-4H2/q;;+1. The molecular formula is C42H34ClN8O4S2+. The van der Waals surface area contributed by atoms with Crippen LogP contribution in [0.25, 0.3) is 20.4 Å². The van der Waals surface area contributed by atoms with Crippen molar-refractivity contribution in [3.63, 3.8) is 0 Å². The molecular weight excluding hydrogens is 780 g/mol. The molecule has 15 heteroatoms. The first-order valence-corrected chi connectivity index (χ1v) is 19.9. The van der Waals surface area contributed by atoms with Crippen LogP contribution in [-0.4, -0.2) is 56.3 Å². The van der Waals surface area contributed by atoms with E-state index in [1.807, 2.05) is 91.0 Å². The highest BCUT2D eigenvalue weighted by Gasteiger charge is 2.24. The highest BCUT2D eigenvalue weighted by molar-refractivity contribution is 7.22. The quantitative estimate of drug-likeness (QED) is 0.134. The molecule has 1 unspecified atom stereocenters. The maximum Gasteiger partial charge on any atom is 0.266 e. The summed E-state index contributed by atoms with van der Waals surface area (Å²) in [5.74, 6) is 2.42. The van der Waals surface area contributed by atoms with Gasteiger partial charge in [0.25, 0.3) is 18.6 Å². The number of fused-ring (bicyclic) bond motifs is 2. The van der Waals surface area contributed by atoms with E-state index in [1.54, 1.807) is 35.1 Å². The Labute approximate surface area is 341 Å². The Hall–Kier alpha value is -6.12. The van der Waals surface area contributed by atoms with Gasteiger partial charge in [-0.1, -0.05) is 58.5 Å². The number of thiazole rings is 2. The maximum atomic E-state index is 6.01. The molecule has 4 aromatic carbocycles. The number of nitrogens with one attached hydrogen (secondary N) is 2. The molecule has 4 aromatic heterocycles. The minimum atomic E-state index is 0.231. The highest BCUT2D eigenvalue weighted by atomic mass is 35.5. The van der Waals surface area contributed by atoms with Crippen LogP contribution in [0.1, 0.15) is 18.0 Å². The second-order valence-corrected chi connectivity index (χ2v) is 14.8. The first-order chi connectivity index (χ1) is 28.1. The lowest BCUT2D eigenvalue weighted by Gasteiger charge is -2.12. The maximum absolute atomic E-state index is 6.01. The predicted molar refractivity (Wildman–Crippen MR) is 225 cm³/mol. The Morgan fingerprint density at radius 2 is 1.21 bits per heavy atom. The van der Waals surface area contributed by atoms with Crippen LogP contribution in [0.3, 0.4) is 0 Å². The molecule has 1 atom stereocenters. The van der Waals surface area contributed by atoms with Crippen LogP contribution in [0.5, 0.6) is 23.3 Å². The number of anilines is 4. The van der Waals surface area contributed by atoms with E-state index in [4.69, 9.17) is 30.5 Å². The van der Waals surface area contributed by atoms with Crippen LogP contribution >= 0.6 is 34.3 Å². The minimum absolute atomic E-state index is 0.231. The molecule has 0 radical (unpaired) electrons. The van der Waals surface area contributed by atoms with E-state index in [9.17, 15) is 0 Å². The molecule has 0 saturated carbocycles. The second kappa shape index (κ2) is 18.7. The van der Waals surface area contributed by atoms with E-state index in [0.29, 0.717) is 24.8 Å². The monoisotopic (exact) mass is 813 g/mol. The van der Waals surface area contributed by atoms with Gasteiger partial charge in [0.2, 0.25) is 5.88 Å². The molecule has 1 fully saturated rings. The van der Waals surface area contributed by atoms with Gasteiger partial charge in [-0.3, -0.25) is 4.98 Å². The molecule has 6 heterocycles. The van der Waals surface area contributed by atoms with Gasteiger partial charge in [-0.2, -0.15) is 0 Å². The molecule has 0 spiro atoms. The van der Waals surface area contributed by atoms with Crippen LogP contribution < -0.4 is 20.1 Å². The summed E-state index contributed by atoms with van der Waals surface area (Å²) in [6.07, 6.45) is 12.1. The predicted octanol–water partition coefficient (Wildman–Crippen LogP) is 10.8. The van der Waals surface area contributed by atoms with Gasteiger partial charge in [-0.05, 0) is 79.2 Å². The Morgan fingerprint density at radius 3 is 1.72 bits per heavy atom. The third-order valence-corrected chi connectivity index (χ3v) is 10.6. The third kappa shape index (κ3) is 10.2. The number of rotatable bonds is 9. The van der Waals surface area contributed by atoms with Gasteiger partial charge in [0.05, 0.1) is 27.0 Å². The van der Waals surface area contributed by atoms with Crippen LogP contribution in [0.2, 0.25) is 5.15 Å². The van der Waals surface area contributed by atoms with Gasteiger partial charge < -0.3 is 29.6 Å². The van der Waals surface area contributed by atoms with Gasteiger partial charge >= 0.3 is 0 Å². The summed E-state index contributed by atoms with van der Waals surface area (Å²) in [4.78, 5) is 26.0. The van der Waals surface area contributed by atoms with E-state index >= 15 is 0 Å². The zero-order valence-corrected chi connectivity index (χ0v) is 32.6. The first-order valence-electron chi connectivity index (χ1n) is 17.9. The van der Waals surface area contributed by atoms with Gasteiger partial charge in [0.15, 0.2) is 21.5 Å². The van der Waals surface area contributed by atoms with Gasteiger partial charge in [-0.15, -0.1) is 0 Å². The molecule has 284 valence electrons. The summed E-state index contributed by atoms with van der Waals surface area (Å²) >= 11 is 9.18. The molecule has 2 aliphatic rings. The number of hydrogen-bond acceptors (Lipinski definition) is 14. The largest absolute Gasteiger partial charge is 0.437 e. The smallest absolute Gasteiger partial charge is 0.266 e. The second-order valence-electron chi connectivity index (χ2n) is 12.4. The first kappa shape index (κ1) is 37.8. The van der Waals surface area contributed by atoms with E-state index in [-0.39, 0.29) is 17.0 Å². The molecule has 0 amide bonds. The number of hydrogen-bond donors (Lipinski definition) is 2. The van der Waals surface area contributed by atoms with Crippen LogP contribution in [-0.2, 0) is 9.47 Å². The van der Waals surface area contributed by atoms with Crippen molar-refractivity contribution < 1.29 is 18.9 Å². The van der Waals surface area contributed by atoms with Crippen molar-refractivity contribution in [1.82, 2.24) is 29.9 Å². The minimum Gasteiger partial charge on any atom is -0.437 e. The highest BCUT2D eigenvalue weighted by Crippen LogP contribution is 2.34. The van der Waals surface area contributed by atoms with E-state index in [2.05, 4.69) is 58.7 Å². The molecule has 8 aromatic rings. The van der Waals surface area contributed by atoms with Crippen molar-refractivity contribution in [3.05, 3.63) is 145 Å². The fourth-order valence-electron chi connectivity index (χ4n) is 5.65. The molecule has 57 heavy (non-hydrogen) atoms. The average Bonchev–Trinajstić information content (AvgIpc) is 4.10. The zero-order chi connectivity index (χ0) is 38.7. The number of halogens is 1. The SMILES string of the molecule is Clc1nccnc1Oc1ccc(Nc2nc3ccccc3s2)cc1.[C+]1=CCOC1.c1ccc2sc(Nc3ccc(Oc4nccnc4C4CCOC4)cc3)nc2c1. The summed E-state index contributed by atoms with van der Waals surface area (Å²) in [5, 5.41) is 8.59. The summed E-state index contributed by atoms with van der Waals surface area (Å²) in [5.41, 5.74) is 4.72. The molecule has 2 aliphatic heterocycles. The summed E-state index contributed by atoms with van der Waals surface area (Å²) < 4.78 is 24.2. The lowest BCUT2D eigenvalue weighted by Crippen LogP contribution is -2.04. The van der Waals surface area contributed by atoms with Crippen molar-refractivity contribution in [2.24, 2.45) is 0 Å². The summed E-state index contributed by atoms with van der Waals surface area (Å²) in [7, 11) is 0. The summed E-state index contributed by atoms with van der Waals surface area (Å²) in [6, 6.07) is 31.4. The van der Waals surface area contributed by atoms with E-state index in [1.165, 1.54) is 12.4 Å². The van der Waals surface area contributed by atoms with Crippen LogP contribution in [0.15, 0.2) is 128 Å². The Kier molecular flexibility index (Phi) is 12.4. The molecule has 0 aliphatic carbocycles. The normalized spacial score (nSPS) is 14.2. The zero-order valence-electron chi connectivity index (χ0n) is 30.2. The number of ether oxygens (including phenoxy) is 4. The molecule has 2 N–H and O–H groups in total. The van der Waals surface area contributed by atoms with Crippen LogP contribution in [0.4, 0.5) is 21.6 Å². The fourth-order valence-corrected chi connectivity index (χ4v) is 7.57. The lowest BCUT2D eigenvalue weighted by molar-refractivity contribution is 0.193. The number of aromatic nitrogens is 6. The molecule has 0 bridgehead atoms. The van der Waals surface area contributed by atoms with Crippen LogP contribution in [0, 0.1) is 6.08 Å². The number of para-hydroxylation sites is 2. The Morgan fingerprint density at radius 1 is 0.649 bits per heavy atom. The Bertz CT molecular complexity index is 2490. The van der Waals surface area contributed by atoms with Gasteiger partial charge in [0.1, 0.15) is 23.8 Å². The Balaban J connectivity index is 0.000000143. The number of benzene rings is 4. The van der Waals surface area contributed by atoms with Crippen molar-refractivity contribution in [2.75, 3.05) is 37.1 Å². The van der Waals surface area contributed by atoms with Gasteiger partial charge in [-0.25, -0.2) is 24.9 Å². The van der Waals surface area contributed by atoms with E-state index < -0.39 is 0 Å². The molecule has 12 nitrogen and oxygen atoms in total. The summed E-state index contributed by atoms with van der Waals surface area (Å²) in [6.45, 7) is 2.88. The fraction of sp³-hybridized carbons (Fsp3) is 0.143. The third-order valence-electron chi connectivity index (χ3n) is 8.39. The average molecular weight is 814 g/mol. The van der Waals surface area contributed by atoms with Crippen molar-refractivity contribution >= 4 is 76.3 Å². The molecule has 10 rings (SSSR count). The van der Waals surface area contributed by atoms with Crippen molar-refractivity contribution in [2.45, 2.75) is 12.3 Å². The van der Waals surface area contributed by atoms with E-state index in [0.717, 1.165) is 73.1 Å². The lowest BCUT2D eigenvalue weighted by atomic mass is 10.1.